The highest BCUT2D eigenvalue weighted by Crippen LogP contribution is 2.22. The molecule has 0 aromatic heterocycles. The molecule has 0 fully saturated rings. The Morgan fingerprint density at radius 2 is 1.52 bits per heavy atom. The fraction of sp³-hybridized carbons (Fsp3) is 0.529. The van der Waals surface area contributed by atoms with Crippen LogP contribution in [0.25, 0.3) is 0 Å². The lowest BCUT2D eigenvalue weighted by Crippen LogP contribution is -2.36. The van der Waals surface area contributed by atoms with Gasteiger partial charge < -0.3 is 10.6 Å². The average Bonchev–Trinajstić information content (AvgIpc) is 2.42. The summed E-state index contributed by atoms with van der Waals surface area (Å²) in [6, 6.07) is 7.64. The summed E-state index contributed by atoms with van der Waals surface area (Å²) in [5, 5.41) is 5.56. The van der Waals surface area contributed by atoms with Gasteiger partial charge in [0, 0.05) is 24.6 Å². The van der Waals surface area contributed by atoms with Crippen molar-refractivity contribution < 1.29 is 9.59 Å². The van der Waals surface area contributed by atoms with Crippen LogP contribution in [-0.2, 0) is 10.2 Å². The molecule has 116 valence electrons. The number of hydrogen-bond donors (Lipinski definition) is 2. The van der Waals surface area contributed by atoms with Gasteiger partial charge in [-0.1, -0.05) is 46.8 Å². The predicted octanol–water partition coefficient (Wildman–Crippen LogP) is 2.49. The van der Waals surface area contributed by atoms with Gasteiger partial charge in [0.25, 0.3) is 5.91 Å². The highest BCUT2D eigenvalue weighted by Gasteiger charge is 2.14. The van der Waals surface area contributed by atoms with Crippen molar-refractivity contribution in [3.05, 3.63) is 35.4 Å². The number of rotatable bonds is 5. The Morgan fingerprint density at radius 1 is 1.00 bits per heavy atom. The van der Waals surface area contributed by atoms with Crippen LogP contribution in [-0.4, -0.2) is 24.9 Å². The SMILES string of the molecule is CC(C)C(=O)NCCNC(=O)c1ccc(C(C)(C)C)cc1. The molecule has 4 nitrogen and oxygen atoms in total. The number of amides is 2. The van der Waals surface area contributed by atoms with Crippen LogP contribution in [0.2, 0.25) is 0 Å². The van der Waals surface area contributed by atoms with Crippen LogP contribution in [0.5, 0.6) is 0 Å². The summed E-state index contributed by atoms with van der Waals surface area (Å²) in [4.78, 5) is 23.3. The van der Waals surface area contributed by atoms with E-state index >= 15 is 0 Å². The number of benzene rings is 1. The minimum atomic E-state index is -0.116. The van der Waals surface area contributed by atoms with E-state index in [0.717, 1.165) is 0 Å². The first-order valence-corrected chi connectivity index (χ1v) is 7.38. The van der Waals surface area contributed by atoms with E-state index < -0.39 is 0 Å². The quantitative estimate of drug-likeness (QED) is 0.819. The van der Waals surface area contributed by atoms with E-state index in [1.165, 1.54) is 5.56 Å². The zero-order valence-electron chi connectivity index (χ0n) is 13.6. The molecule has 0 spiro atoms. The molecule has 21 heavy (non-hydrogen) atoms. The van der Waals surface area contributed by atoms with Crippen molar-refractivity contribution in [2.24, 2.45) is 5.92 Å². The maximum absolute atomic E-state index is 12.0. The van der Waals surface area contributed by atoms with Gasteiger partial charge in [0.1, 0.15) is 0 Å². The molecule has 0 aliphatic carbocycles. The second-order valence-corrected chi connectivity index (χ2v) is 6.53. The molecule has 0 bridgehead atoms. The topological polar surface area (TPSA) is 58.2 Å². The zero-order chi connectivity index (χ0) is 16.0. The Labute approximate surface area is 127 Å². The lowest BCUT2D eigenvalue weighted by molar-refractivity contribution is -0.123. The fourth-order valence-corrected chi connectivity index (χ4v) is 1.79. The van der Waals surface area contributed by atoms with Crippen LogP contribution in [0.3, 0.4) is 0 Å². The predicted molar refractivity (Wildman–Crippen MR) is 85.3 cm³/mol. The minimum absolute atomic E-state index is 0.00113. The highest BCUT2D eigenvalue weighted by molar-refractivity contribution is 5.94. The average molecular weight is 290 g/mol. The van der Waals surface area contributed by atoms with Gasteiger partial charge >= 0.3 is 0 Å². The third-order valence-electron chi connectivity index (χ3n) is 3.25. The summed E-state index contributed by atoms with van der Waals surface area (Å²) in [5.74, 6) is -0.154. The van der Waals surface area contributed by atoms with Crippen molar-refractivity contribution in [3.8, 4) is 0 Å². The molecular formula is C17H26N2O2. The zero-order valence-corrected chi connectivity index (χ0v) is 13.6. The Bertz CT molecular complexity index is 485. The second-order valence-electron chi connectivity index (χ2n) is 6.53. The van der Waals surface area contributed by atoms with Crippen molar-refractivity contribution >= 4 is 11.8 Å². The third-order valence-corrected chi connectivity index (χ3v) is 3.25. The summed E-state index contributed by atoms with van der Waals surface area (Å²) >= 11 is 0. The van der Waals surface area contributed by atoms with Gasteiger partial charge in [-0.2, -0.15) is 0 Å². The minimum Gasteiger partial charge on any atom is -0.354 e. The fourth-order valence-electron chi connectivity index (χ4n) is 1.79. The van der Waals surface area contributed by atoms with Crippen molar-refractivity contribution in [3.63, 3.8) is 0 Å². The number of nitrogens with one attached hydrogen (secondary N) is 2. The van der Waals surface area contributed by atoms with Crippen molar-refractivity contribution in [1.29, 1.82) is 0 Å². The first kappa shape index (κ1) is 17.2. The molecule has 1 rings (SSSR count). The summed E-state index contributed by atoms with van der Waals surface area (Å²) in [5.41, 5.74) is 1.91. The highest BCUT2D eigenvalue weighted by atomic mass is 16.2. The number of hydrogen-bond acceptors (Lipinski definition) is 2. The Balaban J connectivity index is 2.44. The molecule has 0 aliphatic heterocycles. The van der Waals surface area contributed by atoms with Gasteiger partial charge in [-0.3, -0.25) is 9.59 Å². The van der Waals surface area contributed by atoms with E-state index in [4.69, 9.17) is 0 Å². The summed E-state index contributed by atoms with van der Waals surface area (Å²) in [6.07, 6.45) is 0. The lowest BCUT2D eigenvalue weighted by Gasteiger charge is -2.19. The summed E-state index contributed by atoms with van der Waals surface area (Å²) < 4.78 is 0. The molecule has 0 heterocycles. The van der Waals surface area contributed by atoms with Crippen LogP contribution in [0.1, 0.15) is 50.5 Å². The second kappa shape index (κ2) is 7.25. The Morgan fingerprint density at radius 3 is 2.00 bits per heavy atom. The molecule has 0 aliphatic rings. The molecule has 2 amide bonds. The van der Waals surface area contributed by atoms with E-state index in [2.05, 4.69) is 31.4 Å². The first-order chi connectivity index (χ1) is 9.71. The van der Waals surface area contributed by atoms with Crippen molar-refractivity contribution in [1.82, 2.24) is 10.6 Å². The standard InChI is InChI=1S/C17H26N2O2/c1-12(2)15(20)18-10-11-19-16(21)13-6-8-14(9-7-13)17(3,4)5/h6-9,12H,10-11H2,1-5H3,(H,18,20)(H,19,21). The smallest absolute Gasteiger partial charge is 0.251 e. The molecule has 0 saturated heterocycles. The van der Waals surface area contributed by atoms with E-state index in [1.54, 1.807) is 0 Å². The van der Waals surface area contributed by atoms with Gasteiger partial charge in [-0.05, 0) is 23.1 Å². The van der Waals surface area contributed by atoms with Gasteiger partial charge in [-0.25, -0.2) is 0 Å². The number of carbonyl (C=O) groups is 2. The van der Waals surface area contributed by atoms with Crippen molar-refractivity contribution in [2.45, 2.75) is 40.0 Å². The molecule has 4 heteroatoms. The molecule has 0 radical (unpaired) electrons. The largest absolute Gasteiger partial charge is 0.354 e. The van der Waals surface area contributed by atoms with Crippen LogP contribution >= 0.6 is 0 Å². The molecule has 0 saturated carbocycles. The van der Waals surface area contributed by atoms with Crippen LogP contribution in [0.4, 0.5) is 0 Å². The molecule has 1 aromatic carbocycles. The van der Waals surface area contributed by atoms with Crippen molar-refractivity contribution in [2.75, 3.05) is 13.1 Å². The summed E-state index contributed by atoms with van der Waals surface area (Å²) in [7, 11) is 0. The van der Waals surface area contributed by atoms with E-state index in [1.807, 2.05) is 38.1 Å². The maximum Gasteiger partial charge on any atom is 0.251 e. The maximum atomic E-state index is 12.0. The monoisotopic (exact) mass is 290 g/mol. The molecule has 0 atom stereocenters. The van der Waals surface area contributed by atoms with Crippen LogP contribution in [0, 0.1) is 5.92 Å². The van der Waals surface area contributed by atoms with Crippen LogP contribution < -0.4 is 10.6 Å². The Hall–Kier alpha value is -1.84. The Kier molecular flexibility index (Phi) is 5.94. The van der Waals surface area contributed by atoms with E-state index in [0.29, 0.717) is 18.7 Å². The molecule has 1 aromatic rings. The summed E-state index contributed by atoms with van der Waals surface area (Å²) in [6.45, 7) is 11.0. The van der Waals surface area contributed by atoms with E-state index in [-0.39, 0.29) is 23.1 Å². The first-order valence-electron chi connectivity index (χ1n) is 7.38. The van der Waals surface area contributed by atoms with Gasteiger partial charge in [0.05, 0.1) is 0 Å². The van der Waals surface area contributed by atoms with Crippen LogP contribution in [0.15, 0.2) is 24.3 Å². The molecule has 2 N–H and O–H groups in total. The van der Waals surface area contributed by atoms with Gasteiger partial charge in [0.15, 0.2) is 0 Å². The molecular weight excluding hydrogens is 264 g/mol. The van der Waals surface area contributed by atoms with Gasteiger partial charge in [0.2, 0.25) is 5.91 Å². The van der Waals surface area contributed by atoms with Gasteiger partial charge in [-0.15, -0.1) is 0 Å². The lowest BCUT2D eigenvalue weighted by atomic mass is 9.87. The number of carbonyl (C=O) groups excluding carboxylic acids is 2. The van der Waals surface area contributed by atoms with E-state index in [9.17, 15) is 9.59 Å². The third kappa shape index (κ3) is 5.58. The molecule has 0 unspecified atom stereocenters. The normalized spacial score (nSPS) is 11.3.